The van der Waals surface area contributed by atoms with Crippen molar-refractivity contribution in [2.24, 2.45) is 0 Å². The molecule has 34 heavy (non-hydrogen) atoms. The molecule has 0 amide bonds. The van der Waals surface area contributed by atoms with Crippen molar-refractivity contribution < 1.29 is 9.13 Å². The van der Waals surface area contributed by atoms with Gasteiger partial charge in [0, 0.05) is 18.1 Å². The Bertz CT molecular complexity index is 1610. The fourth-order valence-corrected chi connectivity index (χ4v) is 5.45. The number of rotatable bonds is 7. The van der Waals surface area contributed by atoms with Crippen molar-refractivity contribution in [1.82, 2.24) is 24.5 Å². The largest absolute Gasteiger partial charge is 0.383 e. The third kappa shape index (κ3) is 4.13. The molecule has 0 N–H and O–H groups in total. The zero-order valence-corrected chi connectivity index (χ0v) is 19.6. The van der Waals surface area contributed by atoms with Crippen LogP contribution in [-0.4, -0.2) is 38.3 Å². The number of hydrogen-bond donors (Lipinski definition) is 0. The number of aromatic nitrogens is 5. The summed E-state index contributed by atoms with van der Waals surface area (Å²) < 4.78 is 21.4. The summed E-state index contributed by atoms with van der Waals surface area (Å²) in [6, 6.07) is 13.0. The maximum Gasteiger partial charge on any atom is 0.278 e. The van der Waals surface area contributed by atoms with E-state index in [2.05, 4.69) is 10.3 Å². The molecule has 11 heteroatoms. The highest BCUT2D eigenvalue weighted by atomic mass is 32.2. The molecule has 3 heterocycles. The molecule has 0 unspecified atom stereocenters. The van der Waals surface area contributed by atoms with Crippen LogP contribution >= 0.6 is 23.1 Å². The van der Waals surface area contributed by atoms with Gasteiger partial charge in [0.05, 0.1) is 29.8 Å². The third-order valence-electron chi connectivity index (χ3n) is 5.28. The number of hydrogen-bond acceptors (Lipinski definition) is 8. The van der Waals surface area contributed by atoms with Crippen molar-refractivity contribution in [3.8, 4) is 11.1 Å². The van der Waals surface area contributed by atoms with Gasteiger partial charge in [0.15, 0.2) is 5.16 Å². The first-order valence-corrected chi connectivity index (χ1v) is 12.2. The van der Waals surface area contributed by atoms with E-state index in [1.807, 2.05) is 5.38 Å². The summed E-state index contributed by atoms with van der Waals surface area (Å²) in [6.45, 7) is 0.601. The Balaban J connectivity index is 1.55. The lowest BCUT2D eigenvalue weighted by Crippen LogP contribution is -2.26. The standard InChI is InChI=1S/C23H18FN5O3S2/c1-32-11-10-28-22(31)19-17(14-6-8-15(24)9-7-14)12-33-20(19)25-23(28)34-13-29-21(30)16-4-2-3-5-18(16)26-27-29/h2-9,12H,10-11,13H2,1H3. The first kappa shape index (κ1) is 22.4. The van der Waals surface area contributed by atoms with Gasteiger partial charge in [0.2, 0.25) is 0 Å². The van der Waals surface area contributed by atoms with Gasteiger partial charge in [-0.1, -0.05) is 41.2 Å². The molecule has 0 aliphatic heterocycles. The SMILES string of the molecule is COCCn1c(SCn2nnc3ccccc3c2=O)nc2scc(-c3ccc(F)cc3)c2c1=O. The van der Waals surface area contributed by atoms with Crippen molar-refractivity contribution in [3.05, 3.63) is 80.4 Å². The number of ether oxygens (including phenoxy) is 1. The second kappa shape index (κ2) is 9.45. The highest BCUT2D eigenvalue weighted by Gasteiger charge is 2.18. The van der Waals surface area contributed by atoms with E-state index in [9.17, 15) is 14.0 Å². The average Bonchev–Trinajstić information content (AvgIpc) is 3.28. The fourth-order valence-electron chi connectivity index (χ4n) is 3.56. The quantitative estimate of drug-likeness (QED) is 0.251. The number of nitrogens with zero attached hydrogens (tertiary/aromatic N) is 5. The molecule has 0 radical (unpaired) electrons. The monoisotopic (exact) mass is 495 g/mol. The van der Waals surface area contributed by atoms with Crippen LogP contribution in [0.2, 0.25) is 0 Å². The van der Waals surface area contributed by atoms with Gasteiger partial charge in [-0.05, 0) is 29.8 Å². The number of benzene rings is 2. The molecule has 0 saturated heterocycles. The minimum absolute atomic E-state index is 0.137. The summed E-state index contributed by atoms with van der Waals surface area (Å²) in [4.78, 5) is 31.6. The third-order valence-corrected chi connectivity index (χ3v) is 7.09. The minimum atomic E-state index is -0.343. The highest BCUT2D eigenvalue weighted by Crippen LogP contribution is 2.32. The van der Waals surface area contributed by atoms with E-state index in [1.54, 1.807) is 43.5 Å². The number of halogens is 1. The van der Waals surface area contributed by atoms with Crippen LogP contribution in [0.4, 0.5) is 4.39 Å². The maximum atomic E-state index is 13.5. The van der Waals surface area contributed by atoms with Gasteiger partial charge in [0.25, 0.3) is 11.1 Å². The van der Waals surface area contributed by atoms with Crippen molar-refractivity contribution >= 4 is 44.2 Å². The molecule has 8 nitrogen and oxygen atoms in total. The van der Waals surface area contributed by atoms with E-state index < -0.39 is 0 Å². The molecule has 5 aromatic rings. The van der Waals surface area contributed by atoms with E-state index >= 15 is 0 Å². The van der Waals surface area contributed by atoms with Crippen LogP contribution < -0.4 is 11.1 Å². The summed E-state index contributed by atoms with van der Waals surface area (Å²) in [7, 11) is 1.56. The summed E-state index contributed by atoms with van der Waals surface area (Å²) in [5.41, 5.74) is 1.49. The molecule has 2 aromatic carbocycles. The lowest BCUT2D eigenvalue weighted by atomic mass is 10.1. The van der Waals surface area contributed by atoms with Crippen molar-refractivity contribution in [3.63, 3.8) is 0 Å². The number of fused-ring (bicyclic) bond motifs is 2. The molecule has 0 saturated carbocycles. The lowest BCUT2D eigenvalue weighted by molar-refractivity contribution is 0.183. The molecule has 0 spiro atoms. The predicted molar refractivity (Wildman–Crippen MR) is 131 cm³/mol. The van der Waals surface area contributed by atoms with Crippen LogP contribution in [0.5, 0.6) is 0 Å². The molecule has 172 valence electrons. The molecule has 3 aromatic heterocycles. The van der Waals surface area contributed by atoms with Crippen molar-refractivity contribution in [2.75, 3.05) is 13.7 Å². The summed E-state index contributed by atoms with van der Waals surface area (Å²) in [6.07, 6.45) is 0. The van der Waals surface area contributed by atoms with E-state index in [0.717, 1.165) is 5.56 Å². The topological polar surface area (TPSA) is 91.9 Å². The Hall–Kier alpha value is -3.41. The Morgan fingerprint density at radius 3 is 2.68 bits per heavy atom. The zero-order chi connectivity index (χ0) is 23.7. The maximum absolute atomic E-state index is 13.5. The Morgan fingerprint density at radius 2 is 1.88 bits per heavy atom. The van der Waals surface area contributed by atoms with Gasteiger partial charge >= 0.3 is 0 Å². The van der Waals surface area contributed by atoms with Crippen molar-refractivity contribution in [1.29, 1.82) is 0 Å². The number of methoxy groups -OCH3 is 1. The first-order valence-electron chi connectivity index (χ1n) is 10.3. The molecular formula is C23H18FN5O3S2. The lowest BCUT2D eigenvalue weighted by Gasteiger charge is -2.12. The number of thiophene rings is 1. The molecule has 5 rings (SSSR count). The van der Waals surface area contributed by atoms with Gasteiger partial charge in [-0.25, -0.2) is 9.37 Å². The first-order chi connectivity index (χ1) is 16.6. The molecule has 0 aliphatic carbocycles. The zero-order valence-electron chi connectivity index (χ0n) is 18.0. The van der Waals surface area contributed by atoms with E-state index in [4.69, 9.17) is 9.72 Å². The normalized spacial score (nSPS) is 11.5. The van der Waals surface area contributed by atoms with Gasteiger partial charge in [0.1, 0.15) is 16.2 Å². The van der Waals surface area contributed by atoms with E-state index in [1.165, 1.54) is 44.5 Å². The minimum Gasteiger partial charge on any atom is -0.383 e. The highest BCUT2D eigenvalue weighted by molar-refractivity contribution is 7.98. The molecule has 0 atom stereocenters. The van der Waals surface area contributed by atoms with Gasteiger partial charge in [-0.3, -0.25) is 14.2 Å². The van der Waals surface area contributed by atoms with Crippen LogP contribution in [0, 0.1) is 5.82 Å². The molecule has 0 fully saturated rings. The second-order valence-corrected chi connectivity index (χ2v) is 9.14. The predicted octanol–water partition coefficient (Wildman–Crippen LogP) is 3.77. The molecule has 0 bridgehead atoms. The average molecular weight is 496 g/mol. The number of thioether (sulfide) groups is 1. The summed E-state index contributed by atoms with van der Waals surface area (Å²) in [5, 5.41) is 11.4. The molecular weight excluding hydrogens is 477 g/mol. The van der Waals surface area contributed by atoms with E-state index in [0.29, 0.717) is 38.4 Å². The Labute approximate surface area is 200 Å². The smallest absolute Gasteiger partial charge is 0.278 e. The van der Waals surface area contributed by atoms with Crippen molar-refractivity contribution in [2.45, 2.75) is 17.6 Å². The summed E-state index contributed by atoms with van der Waals surface area (Å²) in [5.74, 6) is -0.206. The van der Waals surface area contributed by atoms with Crippen LogP contribution in [0.15, 0.2) is 68.7 Å². The van der Waals surface area contributed by atoms with Gasteiger partial charge < -0.3 is 4.74 Å². The van der Waals surface area contributed by atoms with Crippen LogP contribution in [0.1, 0.15) is 0 Å². The van der Waals surface area contributed by atoms with E-state index in [-0.39, 0.29) is 29.4 Å². The van der Waals surface area contributed by atoms with Crippen LogP contribution in [-0.2, 0) is 17.2 Å². The second-order valence-electron chi connectivity index (χ2n) is 7.37. The van der Waals surface area contributed by atoms with Gasteiger partial charge in [-0.15, -0.1) is 16.4 Å². The summed E-state index contributed by atoms with van der Waals surface area (Å²) >= 11 is 2.56. The Kier molecular flexibility index (Phi) is 6.22. The molecule has 0 aliphatic rings. The fraction of sp³-hybridized carbons (Fsp3) is 0.174. The van der Waals surface area contributed by atoms with Crippen LogP contribution in [0.3, 0.4) is 0 Å². The van der Waals surface area contributed by atoms with Gasteiger partial charge in [-0.2, -0.15) is 4.68 Å². The van der Waals surface area contributed by atoms with Crippen LogP contribution in [0.25, 0.3) is 32.2 Å². The Morgan fingerprint density at radius 1 is 1.09 bits per heavy atom.